The zero-order chi connectivity index (χ0) is 35.7. The van der Waals surface area contributed by atoms with Gasteiger partial charge < -0.3 is 9.32 Å². The van der Waals surface area contributed by atoms with Gasteiger partial charge in [0.1, 0.15) is 0 Å². The van der Waals surface area contributed by atoms with E-state index in [1.807, 2.05) is 0 Å². The molecule has 51 heavy (non-hydrogen) atoms. The average molecular weight is 682 g/mol. The maximum Gasteiger partial charge on any atom is 0.248 e. The second-order valence-corrected chi connectivity index (χ2v) is 15.8. The number of hydrogen-bond donors (Lipinski definition) is 0. The topological polar surface area (TPSA) is 42.2 Å². The second-order valence-electron chi connectivity index (χ2n) is 15.8. The Kier molecular flexibility index (Phi) is 12.1. The monoisotopic (exact) mass is 681 g/mol. The Bertz CT molecular complexity index is 1750. The minimum atomic E-state index is 0.0182. The maximum atomic E-state index is 6.21. The Hall–Kier alpha value is -4.18. The Labute approximate surface area is 307 Å². The molecule has 1 aliphatic rings. The predicted octanol–water partition coefficient (Wildman–Crippen LogP) is 14.3. The van der Waals surface area contributed by atoms with Crippen LogP contribution in [0.1, 0.15) is 141 Å². The summed E-state index contributed by atoms with van der Waals surface area (Å²) >= 11 is 0. The molecule has 4 heteroatoms. The summed E-state index contributed by atoms with van der Waals surface area (Å²) < 4.78 is 6.21. The SMILES string of the molecule is CCCCCCCCC1(CCCCCCCC)c2ccccc2N(c2ccc(-c3nnc(-c4ccc(C(C)(C)C)cc4)o3)cc2)c2ccccc21. The quantitative estimate of drug-likeness (QED) is 0.0916. The van der Waals surface area contributed by atoms with Gasteiger partial charge in [0, 0.05) is 22.2 Å². The molecule has 0 aliphatic carbocycles. The number of aromatic nitrogens is 2. The van der Waals surface area contributed by atoms with Crippen molar-refractivity contribution in [3.63, 3.8) is 0 Å². The minimum absolute atomic E-state index is 0.0182. The van der Waals surface area contributed by atoms with Crippen LogP contribution in [-0.2, 0) is 10.8 Å². The van der Waals surface area contributed by atoms with Gasteiger partial charge in [0.15, 0.2) is 0 Å². The van der Waals surface area contributed by atoms with Crippen LogP contribution in [0.2, 0.25) is 0 Å². The van der Waals surface area contributed by atoms with Gasteiger partial charge in [0.2, 0.25) is 11.8 Å². The third-order valence-corrected chi connectivity index (χ3v) is 11.0. The number of nitrogens with zero attached hydrogens (tertiary/aromatic N) is 3. The Balaban J connectivity index is 1.29. The van der Waals surface area contributed by atoms with Crippen LogP contribution in [0.4, 0.5) is 17.1 Å². The molecule has 0 unspecified atom stereocenters. The van der Waals surface area contributed by atoms with Crippen molar-refractivity contribution < 1.29 is 4.42 Å². The van der Waals surface area contributed by atoms with Gasteiger partial charge in [-0.3, -0.25) is 0 Å². The molecule has 0 atom stereocenters. The molecule has 2 heterocycles. The predicted molar refractivity (Wildman–Crippen MR) is 215 cm³/mol. The first-order valence-electron chi connectivity index (χ1n) is 19.9. The average Bonchev–Trinajstić information content (AvgIpc) is 3.65. The van der Waals surface area contributed by atoms with Crippen LogP contribution in [0.15, 0.2) is 101 Å². The Morgan fingerprint density at radius 3 is 1.43 bits per heavy atom. The van der Waals surface area contributed by atoms with Crippen LogP contribution in [0.5, 0.6) is 0 Å². The molecule has 0 radical (unpaired) electrons. The summed E-state index contributed by atoms with van der Waals surface area (Å²) in [6, 6.07) is 35.6. The lowest BCUT2D eigenvalue weighted by Crippen LogP contribution is -2.35. The van der Waals surface area contributed by atoms with Crippen LogP contribution in [0.3, 0.4) is 0 Å². The molecule has 4 nitrogen and oxygen atoms in total. The van der Waals surface area contributed by atoms with Crippen LogP contribution in [0.25, 0.3) is 22.9 Å². The summed E-state index contributed by atoms with van der Waals surface area (Å²) in [5.74, 6) is 1.08. The van der Waals surface area contributed by atoms with E-state index in [0.29, 0.717) is 11.8 Å². The van der Waals surface area contributed by atoms with E-state index in [1.165, 1.54) is 118 Å². The molecule has 0 N–H and O–H groups in total. The highest BCUT2D eigenvalue weighted by atomic mass is 16.4. The molecular formula is C47H59N3O. The van der Waals surface area contributed by atoms with Crippen LogP contribution in [-0.4, -0.2) is 10.2 Å². The van der Waals surface area contributed by atoms with Crippen molar-refractivity contribution >= 4 is 17.1 Å². The Morgan fingerprint density at radius 1 is 0.529 bits per heavy atom. The number of hydrogen-bond acceptors (Lipinski definition) is 4. The first-order valence-corrected chi connectivity index (χ1v) is 19.9. The van der Waals surface area contributed by atoms with Crippen molar-refractivity contribution in [1.82, 2.24) is 10.2 Å². The van der Waals surface area contributed by atoms with Crippen molar-refractivity contribution in [3.05, 3.63) is 114 Å². The molecule has 268 valence electrons. The molecule has 0 bridgehead atoms. The van der Waals surface area contributed by atoms with Gasteiger partial charge in [-0.1, -0.05) is 160 Å². The molecule has 4 aromatic carbocycles. The van der Waals surface area contributed by atoms with Crippen LogP contribution >= 0.6 is 0 Å². The number of anilines is 3. The van der Waals surface area contributed by atoms with E-state index in [1.54, 1.807) is 0 Å². The van der Waals surface area contributed by atoms with Crippen LogP contribution in [0, 0.1) is 0 Å². The smallest absolute Gasteiger partial charge is 0.248 e. The molecule has 1 aromatic heterocycles. The van der Waals surface area contributed by atoms with Crippen molar-refractivity contribution in [2.45, 2.75) is 135 Å². The maximum absolute atomic E-state index is 6.21. The van der Waals surface area contributed by atoms with Gasteiger partial charge >= 0.3 is 0 Å². The van der Waals surface area contributed by atoms with E-state index in [9.17, 15) is 0 Å². The van der Waals surface area contributed by atoms with Crippen molar-refractivity contribution in [2.75, 3.05) is 4.90 Å². The molecule has 6 rings (SSSR count). The molecule has 1 aliphatic heterocycles. The third-order valence-electron chi connectivity index (χ3n) is 11.0. The first-order chi connectivity index (χ1) is 24.9. The number of rotatable bonds is 17. The standard InChI is InChI=1S/C47H59N3O/c1-6-8-10-12-14-20-34-47(35-21-15-13-11-9-7-2)40-22-16-18-24-42(40)50(43-25-19-17-23-41(43)47)39-32-28-37(29-33-39)45-49-48-44(51-45)36-26-30-38(31-27-36)46(3,4)5/h16-19,22-33H,6-15,20-21,34-35H2,1-5H3. The molecule has 0 fully saturated rings. The van der Waals surface area contributed by atoms with Gasteiger partial charge in [0.25, 0.3) is 0 Å². The van der Waals surface area contributed by atoms with E-state index in [-0.39, 0.29) is 10.8 Å². The van der Waals surface area contributed by atoms with Gasteiger partial charge in [-0.25, -0.2) is 0 Å². The van der Waals surface area contributed by atoms with E-state index in [0.717, 1.165) is 16.8 Å². The van der Waals surface area contributed by atoms with Gasteiger partial charge in [0.05, 0.1) is 11.4 Å². The molecular weight excluding hydrogens is 623 g/mol. The molecule has 5 aromatic rings. The van der Waals surface area contributed by atoms with Gasteiger partial charge in [-0.15, -0.1) is 10.2 Å². The fourth-order valence-corrected chi connectivity index (χ4v) is 8.10. The van der Waals surface area contributed by atoms with Crippen molar-refractivity contribution in [2.24, 2.45) is 0 Å². The normalized spacial score (nSPS) is 13.6. The lowest BCUT2D eigenvalue weighted by atomic mass is 9.65. The number of unbranched alkanes of at least 4 members (excludes halogenated alkanes) is 10. The lowest BCUT2D eigenvalue weighted by Gasteiger charge is -2.46. The summed E-state index contributed by atoms with van der Waals surface area (Å²) in [4.78, 5) is 2.48. The summed E-state index contributed by atoms with van der Waals surface area (Å²) in [7, 11) is 0. The summed E-state index contributed by atoms with van der Waals surface area (Å²) in [6.07, 6.45) is 18.2. The summed E-state index contributed by atoms with van der Waals surface area (Å²) in [5.41, 5.74) is 9.97. The first kappa shape index (κ1) is 36.6. The third kappa shape index (κ3) is 8.32. The zero-order valence-corrected chi connectivity index (χ0v) is 31.9. The fraction of sp³-hybridized carbons (Fsp3) is 0.447. The highest BCUT2D eigenvalue weighted by Crippen LogP contribution is 2.56. The summed E-state index contributed by atoms with van der Waals surface area (Å²) in [5, 5.41) is 8.85. The van der Waals surface area contributed by atoms with Crippen molar-refractivity contribution in [3.8, 4) is 22.9 Å². The minimum Gasteiger partial charge on any atom is -0.416 e. The molecule has 0 spiro atoms. The highest BCUT2D eigenvalue weighted by Gasteiger charge is 2.42. The van der Waals surface area contributed by atoms with Crippen molar-refractivity contribution in [1.29, 1.82) is 0 Å². The number of benzene rings is 4. The second kappa shape index (κ2) is 16.9. The Morgan fingerprint density at radius 2 is 0.961 bits per heavy atom. The highest BCUT2D eigenvalue weighted by molar-refractivity contribution is 5.86. The van der Waals surface area contributed by atoms with Gasteiger partial charge in [-0.05, 0) is 83.5 Å². The zero-order valence-electron chi connectivity index (χ0n) is 31.9. The number of fused-ring (bicyclic) bond motifs is 2. The number of para-hydroxylation sites is 2. The fourth-order valence-electron chi connectivity index (χ4n) is 8.10. The van der Waals surface area contributed by atoms with E-state index in [2.05, 4.69) is 147 Å². The summed E-state index contributed by atoms with van der Waals surface area (Å²) in [6.45, 7) is 11.3. The molecule has 0 amide bonds. The van der Waals surface area contributed by atoms with E-state index in [4.69, 9.17) is 4.42 Å². The van der Waals surface area contributed by atoms with Crippen LogP contribution < -0.4 is 4.90 Å². The van der Waals surface area contributed by atoms with E-state index < -0.39 is 0 Å². The largest absolute Gasteiger partial charge is 0.416 e. The lowest BCUT2D eigenvalue weighted by molar-refractivity contribution is 0.388. The molecule has 0 saturated heterocycles. The molecule has 0 saturated carbocycles. The van der Waals surface area contributed by atoms with Gasteiger partial charge in [-0.2, -0.15) is 0 Å². The van der Waals surface area contributed by atoms with E-state index >= 15 is 0 Å².